The minimum absolute atomic E-state index is 0.240. The van der Waals surface area contributed by atoms with E-state index in [9.17, 15) is 0 Å². The lowest BCUT2D eigenvalue weighted by Gasteiger charge is -2.15. The molecule has 80 valence electrons. The molecule has 0 saturated carbocycles. The third-order valence-electron chi connectivity index (χ3n) is 2.02. The summed E-state index contributed by atoms with van der Waals surface area (Å²) in [6, 6.07) is 2.33. The van der Waals surface area contributed by atoms with Crippen molar-refractivity contribution in [3.05, 3.63) is 24.2 Å². The highest BCUT2D eigenvalue weighted by Crippen LogP contribution is 2.04. The summed E-state index contributed by atoms with van der Waals surface area (Å²) >= 11 is 1.79. The second-order valence-electron chi connectivity index (χ2n) is 3.18. The SMILES string of the molecule is CSCC(CCO)NCc1ccoc1. The number of thioether (sulfide) groups is 1. The minimum atomic E-state index is 0.240. The van der Waals surface area contributed by atoms with Crippen molar-refractivity contribution in [1.82, 2.24) is 5.32 Å². The van der Waals surface area contributed by atoms with Crippen molar-refractivity contribution in [1.29, 1.82) is 0 Å². The number of aliphatic hydroxyl groups excluding tert-OH is 1. The van der Waals surface area contributed by atoms with Crippen molar-refractivity contribution in [3.63, 3.8) is 0 Å². The number of rotatable bonds is 7. The lowest BCUT2D eigenvalue weighted by Crippen LogP contribution is -2.31. The molecular weight excluding hydrogens is 198 g/mol. The van der Waals surface area contributed by atoms with E-state index in [-0.39, 0.29) is 6.61 Å². The Hall–Kier alpha value is -0.450. The molecule has 0 spiro atoms. The molecule has 1 aromatic rings. The predicted octanol–water partition coefficient (Wildman–Crippen LogP) is 1.48. The van der Waals surface area contributed by atoms with Gasteiger partial charge in [-0.25, -0.2) is 0 Å². The zero-order valence-corrected chi connectivity index (χ0v) is 9.22. The van der Waals surface area contributed by atoms with Gasteiger partial charge in [-0.05, 0) is 18.7 Å². The van der Waals surface area contributed by atoms with Gasteiger partial charge in [0, 0.05) is 30.5 Å². The third-order valence-corrected chi connectivity index (χ3v) is 2.76. The van der Waals surface area contributed by atoms with Crippen LogP contribution in [0.1, 0.15) is 12.0 Å². The number of hydrogen-bond donors (Lipinski definition) is 2. The maximum absolute atomic E-state index is 8.85. The topological polar surface area (TPSA) is 45.4 Å². The lowest BCUT2D eigenvalue weighted by atomic mass is 10.2. The smallest absolute Gasteiger partial charge is 0.0947 e. The molecule has 1 heterocycles. The highest BCUT2D eigenvalue weighted by atomic mass is 32.2. The quantitative estimate of drug-likeness (QED) is 0.723. The Morgan fingerprint density at radius 3 is 3.07 bits per heavy atom. The van der Waals surface area contributed by atoms with Crippen LogP contribution in [-0.4, -0.2) is 29.8 Å². The van der Waals surface area contributed by atoms with Crippen LogP contribution in [0.2, 0.25) is 0 Å². The van der Waals surface area contributed by atoms with Gasteiger partial charge < -0.3 is 14.8 Å². The highest BCUT2D eigenvalue weighted by molar-refractivity contribution is 7.98. The average molecular weight is 215 g/mol. The molecule has 0 aliphatic carbocycles. The van der Waals surface area contributed by atoms with Crippen LogP contribution >= 0.6 is 11.8 Å². The zero-order chi connectivity index (χ0) is 10.2. The fourth-order valence-electron chi connectivity index (χ4n) is 1.26. The first-order valence-electron chi connectivity index (χ1n) is 4.71. The molecule has 2 N–H and O–H groups in total. The van der Waals surface area contributed by atoms with Crippen LogP contribution in [0, 0.1) is 0 Å². The zero-order valence-electron chi connectivity index (χ0n) is 8.40. The van der Waals surface area contributed by atoms with Crippen molar-refractivity contribution >= 4 is 11.8 Å². The second-order valence-corrected chi connectivity index (χ2v) is 4.09. The van der Waals surface area contributed by atoms with E-state index in [1.54, 1.807) is 24.3 Å². The van der Waals surface area contributed by atoms with Crippen molar-refractivity contribution in [2.75, 3.05) is 18.6 Å². The summed E-state index contributed by atoms with van der Waals surface area (Å²) < 4.78 is 4.97. The Balaban J connectivity index is 2.25. The van der Waals surface area contributed by atoms with Gasteiger partial charge in [-0.3, -0.25) is 0 Å². The van der Waals surface area contributed by atoms with E-state index in [0.29, 0.717) is 6.04 Å². The van der Waals surface area contributed by atoms with Gasteiger partial charge in [-0.15, -0.1) is 0 Å². The maximum atomic E-state index is 8.85. The summed E-state index contributed by atoms with van der Waals surface area (Å²) in [5.74, 6) is 1.03. The number of furan rings is 1. The average Bonchev–Trinajstić information content (AvgIpc) is 2.67. The van der Waals surface area contributed by atoms with E-state index in [0.717, 1.165) is 24.3 Å². The standard InChI is InChI=1S/C10H17NO2S/c1-14-8-10(2-4-12)11-6-9-3-5-13-7-9/h3,5,7,10-12H,2,4,6,8H2,1H3. The van der Waals surface area contributed by atoms with Gasteiger partial charge >= 0.3 is 0 Å². The summed E-state index contributed by atoms with van der Waals surface area (Å²) in [7, 11) is 0. The van der Waals surface area contributed by atoms with Crippen molar-refractivity contribution in [3.8, 4) is 0 Å². The molecule has 1 unspecified atom stereocenters. The first-order valence-corrected chi connectivity index (χ1v) is 6.10. The number of hydrogen-bond acceptors (Lipinski definition) is 4. The molecule has 0 amide bonds. The first-order chi connectivity index (χ1) is 6.86. The summed E-state index contributed by atoms with van der Waals surface area (Å²) in [4.78, 5) is 0. The summed E-state index contributed by atoms with van der Waals surface area (Å²) in [5.41, 5.74) is 1.15. The molecular formula is C10H17NO2S. The summed E-state index contributed by atoms with van der Waals surface area (Å²) in [6.07, 6.45) is 6.29. The van der Waals surface area contributed by atoms with Gasteiger partial charge in [-0.2, -0.15) is 11.8 Å². The summed E-state index contributed by atoms with van der Waals surface area (Å²) in [5, 5.41) is 12.2. The fourth-order valence-corrected chi connectivity index (χ4v) is 1.94. The van der Waals surface area contributed by atoms with Crippen molar-refractivity contribution < 1.29 is 9.52 Å². The first kappa shape index (κ1) is 11.6. The van der Waals surface area contributed by atoms with Gasteiger partial charge in [0.1, 0.15) is 0 Å². The monoisotopic (exact) mass is 215 g/mol. The van der Waals surface area contributed by atoms with Crippen LogP contribution in [0.4, 0.5) is 0 Å². The fraction of sp³-hybridized carbons (Fsp3) is 0.600. The normalized spacial score (nSPS) is 13.0. The molecule has 1 rings (SSSR count). The van der Waals surface area contributed by atoms with E-state index in [4.69, 9.17) is 9.52 Å². The van der Waals surface area contributed by atoms with E-state index in [2.05, 4.69) is 11.6 Å². The van der Waals surface area contributed by atoms with E-state index in [1.165, 1.54) is 0 Å². The Morgan fingerprint density at radius 2 is 2.50 bits per heavy atom. The van der Waals surface area contributed by atoms with Crippen LogP contribution in [0.15, 0.2) is 23.0 Å². The molecule has 4 heteroatoms. The van der Waals surface area contributed by atoms with Crippen LogP contribution in [0.25, 0.3) is 0 Å². The number of nitrogens with one attached hydrogen (secondary N) is 1. The maximum Gasteiger partial charge on any atom is 0.0947 e. The van der Waals surface area contributed by atoms with Gasteiger partial charge in [0.15, 0.2) is 0 Å². The second kappa shape index (κ2) is 6.92. The molecule has 3 nitrogen and oxygen atoms in total. The minimum Gasteiger partial charge on any atom is -0.472 e. The molecule has 0 saturated heterocycles. The van der Waals surface area contributed by atoms with Gasteiger partial charge in [0.2, 0.25) is 0 Å². The largest absolute Gasteiger partial charge is 0.472 e. The van der Waals surface area contributed by atoms with Crippen molar-refractivity contribution in [2.24, 2.45) is 0 Å². The number of aliphatic hydroxyl groups is 1. The molecule has 0 bridgehead atoms. The molecule has 14 heavy (non-hydrogen) atoms. The molecule has 0 aliphatic heterocycles. The van der Waals surface area contributed by atoms with E-state index < -0.39 is 0 Å². The van der Waals surface area contributed by atoms with Crippen molar-refractivity contribution in [2.45, 2.75) is 19.0 Å². The molecule has 0 aromatic carbocycles. The Bertz CT molecular complexity index is 220. The van der Waals surface area contributed by atoms with Gasteiger partial charge in [-0.1, -0.05) is 0 Å². The Kier molecular flexibility index (Phi) is 5.75. The van der Waals surface area contributed by atoms with Gasteiger partial charge in [0.25, 0.3) is 0 Å². The van der Waals surface area contributed by atoms with E-state index in [1.807, 2.05) is 6.07 Å². The lowest BCUT2D eigenvalue weighted by molar-refractivity contribution is 0.269. The van der Waals surface area contributed by atoms with Crippen LogP contribution < -0.4 is 5.32 Å². The molecule has 0 fully saturated rings. The summed E-state index contributed by atoms with van der Waals surface area (Å²) in [6.45, 7) is 1.05. The Labute approximate surface area is 88.9 Å². The van der Waals surface area contributed by atoms with Crippen LogP contribution in [-0.2, 0) is 6.54 Å². The van der Waals surface area contributed by atoms with Crippen LogP contribution in [0.5, 0.6) is 0 Å². The third kappa shape index (κ3) is 4.17. The molecule has 0 radical (unpaired) electrons. The van der Waals surface area contributed by atoms with Gasteiger partial charge in [0.05, 0.1) is 12.5 Å². The molecule has 1 atom stereocenters. The highest BCUT2D eigenvalue weighted by Gasteiger charge is 2.06. The predicted molar refractivity (Wildman–Crippen MR) is 59.4 cm³/mol. The van der Waals surface area contributed by atoms with E-state index >= 15 is 0 Å². The molecule has 1 aromatic heterocycles. The molecule has 0 aliphatic rings. The Morgan fingerprint density at radius 1 is 1.64 bits per heavy atom. The van der Waals surface area contributed by atoms with Crippen LogP contribution in [0.3, 0.4) is 0 Å².